The van der Waals surface area contributed by atoms with Gasteiger partial charge >= 0.3 is 6.18 Å². The van der Waals surface area contributed by atoms with Crippen molar-refractivity contribution in [1.82, 2.24) is 19.9 Å². The van der Waals surface area contributed by atoms with Crippen molar-refractivity contribution in [3.05, 3.63) is 42.1 Å². The van der Waals surface area contributed by atoms with Gasteiger partial charge in [-0.15, -0.1) is 0 Å². The van der Waals surface area contributed by atoms with Gasteiger partial charge in [0.1, 0.15) is 5.82 Å². The maximum absolute atomic E-state index is 12.6. The van der Waals surface area contributed by atoms with Gasteiger partial charge in [0.05, 0.1) is 17.6 Å². The lowest BCUT2D eigenvalue weighted by Gasteiger charge is -2.33. The van der Waals surface area contributed by atoms with Crippen LogP contribution in [0, 0.1) is 0 Å². The number of alkyl halides is 3. The summed E-state index contributed by atoms with van der Waals surface area (Å²) >= 11 is 0. The first-order chi connectivity index (χ1) is 11.4. The van der Waals surface area contributed by atoms with Crippen LogP contribution < -0.4 is 10.2 Å². The van der Waals surface area contributed by atoms with Crippen LogP contribution >= 0.6 is 0 Å². The number of imidazole rings is 1. The van der Waals surface area contributed by atoms with Gasteiger partial charge in [0.15, 0.2) is 0 Å². The number of nitrogens with zero attached hydrogens (tertiary/aromatic N) is 4. The second kappa shape index (κ2) is 6.80. The zero-order valence-electron chi connectivity index (χ0n) is 13.4. The van der Waals surface area contributed by atoms with Crippen molar-refractivity contribution in [2.24, 2.45) is 7.05 Å². The molecule has 0 atom stereocenters. The smallest absolute Gasteiger partial charge is 0.357 e. The van der Waals surface area contributed by atoms with E-state index in [2.05, 4.69) is 15.3 Å². The molecule has 1 aliphatic heterocycles. The highest BCUT2D eigenvalue weighted by atomic mass is 19.4. The first-order valence-corrected chi connectivity index (χ1v) is 7.90. The molecule has 2 aromatic heterocycles. The Bertz CT molecular complexity index is 657. The highest BCUT2D eigenvalue weighted by Crippen LogP contribution is 2.29. The molecule has 0 unspecified atom stereocenters. The Morgan fingerprint density at radius 2 is 1.96 bits per heavy atom. The van der Waals surface area contributed by atoms with Crippen LogP contribution in [0.15, 0.2) is 30.9 Å². The van der Waals surface area contributed by atoms with Crippen LogP contribution in [-0.2, 0) is 19.8 Å². The van der Waals surface area contributed by atoms with Crippen LogP contribution in [-0.4, -0.2) is 33.7 Å². The molecule has 0 amide bonds. The molecule has 0 radical (unpaired) electrons. The number of hydrogen-bond acceptors (Lipinski definition) is 4. The Hall–Kier alpha value is -2.09. The summed E-state index contributed by atoms with van der Waals surface area (Å²) in [6.07, 6.45) is 2.04. The fourth-order valence-corrected chi connectivity index (χ4v) is 2.86. The molecule has 1 fully saturated rings. The fourth-order valence-electron chi connectivity index (χ4n) is 2.86. The third-order valence-corrected chi connectivity index (χ3v) is 4.38. The molecule has 1 aliphatic rings. The van der Waals surface area contributed by atoms with Gasteiger partial charge in [-0.25, -0.2) is 9.97 Å². The van der Waals surface area contributed by atoms with Gasteiger partial charge in [-0.2, -0.15) is 13.2 Å². The number of nitrogens with one attached hydrogen (secondary N) is 1. The van der Waals surface area contributed by atoms with Crippen molar-refractivity contribution in [3.8, 4) is 0 Å². The summed E-state index contributed by atoms with van der Waals surface area (Å²) in [5.74, 6) is 0.605. The number of anilines is 1. The van der Waals surface area contributed by atoms with E-state index in [-0.39, 0.29) is 0 Å². The molecule has 3 heterocycles. The van der Waals surface area contributed by atoms with Crippen LogP contribution in [0.1, 0.15) is 24.1 Å². The van der Waals surface area contributed by atoms with Crippen LogP contribution in [0.5, 0.6) is 0 Å². The number of hydrogen-bond donors (Lipinski definition) is 1. The molecule has 8 heteroatoms. The number of halogens is 3. The van der Waals surface area contributed by atoms with Crippen molar-refractivity contribution in [2.75, 3.05) is 18.0 Å². The van der Waals surface area contributed by atoms with Crippen LogP contribution in [0.4, 0.5) is 19.0 Å². The van der Waals surface area contributed by atoms with E-state index in [4.69, 9.17) is 0 Å². The van der Waals surface area contributed by atoms with Gasteiger partial charge in [-0.3, -0.25) is 0 Å². The maximum Gasteiger partial charge on any atom is 0.417 e. The zero-order chi connectivity index (χ0) is 17.2. The summed E-state index contributed by atoms with van der Waals surface area (Å²) in [7, 11) is 1.96. The topological polar surface area (TPSA) is 46.0 Å². The molecule has 0 aliphatic carbocycles. The van der Waals surface area contributed by atoms with E-state index in [0.29, 0.717) is 11.9 Å². The molecule has 1 saturated heterocycles. The first-order valence-electron chi connectivity index (χ1n) is 7.90. The van der Waals surface area contributed by atoms with E-state index in [1.54, 1.807) is 6.33 Å². The summed E-state index contributed by atoms with van der Waals surface area (Å²) in [6, 6.07) is 2.94. The van der Waals surface area contributed by atoms with Crippen molar-refractivity contribution in [3.63, 3.8) is 0 Å². The molecule has 130 valence electrons. The molecule has 1 N–H and O–H groups in total. The Balaban J connectivity index is 1.50. The van der Waals surface area contributed by atoms with E-state index >= 15 is 0 Å². The lowest BCUT2D eigenvalue weighted by molar-refractivity contribution is -0.137. The highest BCUT2D eigenvalue weighted by molar-refractivity contribution is 5.40. The minimum Gasteiger partial charge on any atom is -0.357 e. The number of piperidine rings is 1. The van der Waals surface area contributed by atoms with Gasteiger partial charge < -0.3 is 14.8 Å². The van der Waals surface area contributed by atoms with Crippen molar-refractivity contribution in [2.45, 2.75) is 31.6 Å². The minimum atomic E-state index is -4.34. The van der Waals surface area contributed by atoms with Gasteiger partial charge in [0, 0.05) is 45.1 Å². The average Bonchev–Trinajstić information content (AvgIpc) is 2.98. The Morgan fingerprint density at radius 3 is 2.50 bits per heavy atom. The SMILES string of the molecule is Cn1cncc1CNC1CCN(c2ccc(C(F)(F)F)cn2)CC1. The highest BCUT2D eigenvalue weighted by Gasteiger charge is 2.31. The van der Waals surface area contributed by atoms with Crippen molar-refractivity contribution >= 4 is 5.82 Å². The molecular formula is C16H20F3N5. The van der Waals surface area contributed by atoms with Crippen LogP contribution in [0.2, 0.25) is 0 Å². The van der Waals surface area contributed by atoms with E-state index in [1.165, 1.54) is 6.07 Å². The van der Waals surface area contributed by atoms with E-state index in [0.717, 1.165) is 50.4 Å². The molecule has 24 heavy (non-hydrogen) atoms. The lowest BCUT2D eigenvalue weighted by Crippen LogP contribution is -2.42. The van der Waals surface area contributed by atoms with Crippen LogP contribution in [0.25, 0.3) is 0 Å². The van der Waals surface area contributed by atoms with Gasteiger partial charge in [0.25, 0.3) is 0 Å². The van der Waals surface area contributed by atoms with E-state index in [1.807, 2.05) is 22.7 Å². The third kappa shape index (κ3) is 3.87. The summed E-state index contributed by atoms with van der Waals surface area (Å²) in [5.41, 5.74) is 0.417. The van der Waals surface area contributed by atoms with Crippen molar-refractivity contribution < 1.29 is 13.2 Å². The first kappa shape index (κ1) is 16.8. The molecule has 0 bridgehead atoms. The predicted molar refractivity (Wildman–Crippen MR) is 84.5 cm³/mol. The number of rotatable bonds is 4. The van der Waals surface area contributed by atoms with Gasteiger partial charge in [-0.1, -0.05) is 0 Å². The Morgan fingerprint density at radius 1 is 1.21 bits per heavy atom. The summed E-state index contributed by atoms with van der Waals surface area (Å²) in [6.45, 7) is 2.32. The predicted octanol–water partition coefficient (Wildman–Crippen LogP) is 2.59. The molecular weight excluding hydrogens is 319 g/mol. The molecule has 0 spiro atoms. The van der Waals surface area contributed by atoms with Crippen molar-refractivity contribution in [1.29, 1.82) is 0 Å². The molecule has 0 saturated carbocycles. The van der Waals surface area contributed by atoms with E-state index < -0.39 is 11.7 Å². The molecule has 0 aromatic carbocycles. The number of aryl methyl sites for hydroxylation is 1. The molecule has 2 aromatic rings. The summed E-state index contributed by atoms with van der Waals surface area (Å²) in [4.78, 5) is 10.1. The van der Waals surface area contributed by atoms with E-state index in [9.17, 15) is 13.2 Å². The fraction of sp³-hybridized carbons (Fsp3) is 0.500. The second-order valence-corrected chi connectivity index (χ2v) is 6.04. The second-order valence-electron chi connectivity index (χ2n) is 6.04. The monoisotopic (exact) mass is 339 g/mol. The Labute approximate surface area is 138 Å². The minimum absolute atomic E-state index is 0.394. The Kier molecular flexibility index (Phi) is 4.75. The molecule has 5 nitrogen and oxygen atoms in total. The maximum atomic E-state index is 12.6. The average molecular weight is 339 g/mol. The largest absolute Gasteiger partial charge is 0.417 e. The lowest BCUT2D eigenvalue weighted by atomic mass is 10.0. The zero-order valence-corrected chi connectivity index (χ0v) is 13.4. The van der Waals surface area contributed by atoms with Gasteiger partial charge in [0.2, 0.25) is 0 Å². The third-order valence-electron chi connectivity index (χ3n) is 4.38. The quantitative estimate of drug-likeness (QED) is 0.930. The number of pyridine rings is 1. The normalized spacial score (nSPS) is 16.6. The standard InChI is InChI=1S/C16H20F3N5/c1-23-11-20-9-14(23)10-21-13-4-6-24(7-5-13)15-3-2-12(8-22-15)16(17,18)19/h2-3,8-9,11,13,21H,4-7,10H2,1H3. The summed E-state index contributed by atoms with van der Waals surface area (Å²) < 4.78 is 39.7. The van der Waals surface area contributed by atoms with Gasteiger partial charge in [-0.05, 0) is 25.0 Å². The van der Waals surface area contributed by atoms with Crippen LogP contribution in [0.3, 0.4) is 0 Å². The summed E-state index contributed by atoms with van der Waals surface area (Å²) in [5, 5.41) is 3.51. The molecule has 3 rings (SSSR count). The number of aromatic nitrogens is 3.